The molecule has 0 radical (unpaired) electrons. The monoisotopic (exact) mass is 907 g/mol. The summed E-state index contributed by atoms with van der Waals surface area (Å²) in [5.74, 6) is -0.335. The van der Waals surface area contributed by atoms with E-state index >= 15 is 0 Å². The molecule has 1 aliphatic heterocycles. The van der Waals surface area contributed by atoms with Crippen molar-refractivity contribution in [3.63, 3.8) is 0 Å². The Labute approximate surface area is 377 Å². The molecule has 0 spiro atoms. The van der Waals surface area contributed by atoms with Gasteiger partial charge in [-0.05, 0) is 112 Å². The van der Waals surface area contributed by atoms with Crippen molar-refractivity contribution in [1.82, 2.24) is 9.47 Å². The van der Waals surface area contributed by atoms with Gasteiger partial charge >= 0.3 is 5.97 Å². The molecule has 5 aromatic carbocycles. The maximum atomic E-state index is 13.6. The number of benzene rings is 5. The number of hydrogen-bond donors (Lipinski definition) is 3. The first kappa shape index (κ1) is 45.0. The fourth-order valence-electron chi connectivity index (χ4n) is 7.85. The minimum atomic E-state index is -4.16. The molecule has 3 N–H and O–H groups in total. The summed E-state index contributed by atoms with van der Waals surface area (Å²) in [7, 11) is 1.65. The molecule has 7 rings (SSSR count). The van der Waals surface area contributed by atoms with Gasteiger partial charge in [-0.3, -0.25) is 14.8 Å². The van der Waals surface area contributed by atoms with Gasteiger partial charge in [-0.2, -0.15) is 0 Å². The molecular weight excluding hydrogens is 858 g/mol. The zero-order valence-electron chi connectivity index (χ0n) is 35.5. The van der Waals surface area contributed by atoms with E-state index in [1.807, 2.05) is 118 Å². The molecular formula is C47H50ClN7O6S2. The van der Waals surface area contributed by atoms with E-state index in [1.54, 1.807) is 30.0 Å². The molecule has 16 heteroatoms. The average molecular weight is 909 g/mol. The van der Waals surface area contributed by atoms with Gasteiger partial charge in [0, 0.05) is 94.9 Å². The van der Waals surface area contributed by atoms with Crippen LogP contribution in [0.3, 0.4) is 0 Å². The summed E-state index contributed by atoms with van der Waals surface area (Å²) in [6.07, 6.45) is 0.726. The highest BCUT2D eigenvalue weighted by Gasteiger charge is 2.28. The van der Waals surface area contributed by atoms with Crippen molar-refractivity contribution in [2.24, 2.45) is 7.05 Å². The number of sulfonamides is 1. The van der Waals surface area contributed by atoms with Crippen LogP contribution in [0.15, 0.2) is 131 Å². The molecule has 6 aromatic rings. The second-order valence-electron chi connectivity index (χ2n) is 15.7. The lowest BCUT2D eigenvalue weighted by Crippen LogP contribution is -2.46. The van der Waals surface area contributed by atoms with Gasteiger partial charge in [0.25, 0.3) is 15.7 Å². The molecule has 2 heterocycles. The van der Waals surface area contributed by atoms with Crippen LogP contribution < -0.4 is 19.8 Å². The van der Waals surface area contributed by atoms with Gasteiger partial charge in [0.15, 0.2) is 0 Å². The van der Waals surface area contributed by atoms with E-state index in [-0.39, 0.29) is 27.9 Å². The molecule has 1 saturated heterocycles. The fraction of sp³-hybridized carbons (Fsp3) is 0.255. The summed E-state index contributed by atoms with van der Waals surface area (Å²) in [5.41, 5.74) is 6.10. The first-order valence-electron chi connectivity index (χ1n) is 20.5. The summed E-state index contributed by atoms with van der Waals surface area (Å²) in [6, 6.07) is 36.2. The molecule has 13 nitrogen and oxygen atoms in total. The second-order valence-corrected chi connectivity index (χ2v) is 18.9. The van der Waals surface area contributed by atoms with E-state index in [1.165, 1.54) is 12.1 Å². The molecule has 1 atom stereocenters. The molecule has 0 bridgehead atoms. The van der Waals surface area contributed by atoms with E-state index in [9.17, 15) is 28.4 Å². The zero-order valence-corrected chi connectivity index (χ0v) is 37.9. The van der Waals surface area contributed by atoms with Crippen molar-refractivity contribution in [3.8, 4) is 22.4 Å². The maximum absolute atomic E-state index is 13.6. The van der Waals surface area contributed by atoms with Gasteiger partial charge in [-0.25, -0.2) is 13.2 Å². The number of carboxylic acid groups (broad SMARTS) is 1. The van der Waals surface area contributed by atoms with Crippen LogP contribution in [0.4, 0.5) is 28.4 Å². The maximum Gasteiger partial charge on any atom is 0.338 e. The lowest BCUT2D eigenvalue weighted by Gasteiger charge is -2.37. The molecule has 0 saturated carbocycles. The molecule has 0 amide bonds. The van der Waals surface area contributed by atoms with Gasteiger partial charge < -0.3 is 29.7 Å². The Kier molecular flexibility index (Phi) is 14.0. The van der Waals surface area contributed by atoms with Crippen LogP contribution in [0, 0.1) is 17.0 Å². The normalized spacial score (nSPS) is 13.6. The molecule has 1 fully saturated rings. The van der Waals surface area contributed by atoms with Crippen LogP contribution in [0.25, 0.3) is 22.4 Å². The van der Waals surface area contributed by atoms with Gasteiger partial charge in [-0.1, -0.05) is 54.1 Å². The number of anilines is 4. The minimum absolute atomic E-state index is 0.114. The van der Waals surface area contributed by atoms with Crippen LogP contribution >= 0.6 is 23.4 Å². The Bertz CT molecular complexity index is 2710. The quantitative estimate of drug-likeness (QED) is 0.0456. The number of carboxylic acids is 1. The standard InChI is InChI=1S/C47H50ClN7O6S2/c1-32-44(47(56)57)45(46(52(32)4)34-11-8-12-35(48)28-34)33-10-9-13-39(29-33)54-26-24-53(25-27-54)38-18-16-36(17-19-38)50-63(60,61)41-20-21-42(43(30-41)55(58)59)49-37(22-23-51(2)3)31-62-40-14-6-5-7-15-40/h5-21,28-30,37,49-50H,22-27,31H2,1-4H3,(H,56,57)/t37-/m1/s1. The number of nitrogens with one attached hydrogen (secondary N) is 2. The summed E-state index contributed by atoms with van der Waals surface area (Å²) < 4.78 is 31.7. The topological polar surface area (TPSA) is 153 Å². The number of nitrogens with zero attached hydrogens (tertiary/aromatic N) is 5. The first-order chi connectivity index (χ1) is 30.2. The third kappa shape index (κ3) is 10.6. The van der Waals surface area contributed by atoms with Crippen molar-refractivity contribution >= 4 is 67.8 Å². The van der Waals surface area contributed by atoms with Crippen molar-refractivity contribution < 1.29 is 23.2 Å². The lowest BCUT2D eigenvalue weighted by molar-refractivity contribution is -0.384. The number of thioether (sulfide) groups is 1. The fourth-order valence-corrected chi connectivity index (χ4v) is 10.1. The predicted molar refractivity (Wildman–Crippen MR) is 256 cm³/mol. The molecule has 328 valence electrons. The smallest absolute Gasteiger partial charge is 0.338 e. The number of hydrogen-bond acceptors (Lipinski definition) is 10. The number of aromatic nitrogens is 1. The molecule has 63 heavy (non-hydrogen) atoms. The number of halogens is 1. The highest BCUT2D eigenvalue weighted by Crippen LogP contribution is 2.41. The van der Waals surface area contributed by atoms with Crippen LogP contribution in [-0.4, -0.2) is 92.5 Å². The molecule has 1 aromatic heterocycles. The minimum Gasteiger partial charge on any atom is -0.478 e. The number of carbonyl (C=O) groups is 1. The average Bonchev–Trinajstić information content (AvgIpc) is 3.54. The van der Waals surface area contributed by atoms with Gasteiger partial charge in [-0.15, -0.1) is 11.8 Å². The summed E-state index contributed by atoms with van der Waals surface area (Å²) in [4.78, 5) is 31.8. The summed E-state index contributed by atoms with van der Waals surface area (Å²) in [5, 5.41) is 26.5. The molecule has 1 aliphatic rings. The van der Waals surface area contributed by atoms with Crippen molar-refractivity contribution in [1.29, 1.82) is 0 Å². The highest BCUT2D eigenvalue weighted by molar-refractivity contribution is 7.99. The Hall–Kier alpha value is -6.00. The molecule has 0 aliphatic carbocycles. The predicted octanol–water partition coefficient (Wildman–Crippen LogP) is 9.58. The van der Waals surface area contributed by atoms with Crippen molar-refractivity contribution in [2.45, 2.75) is 29.2 Å². The van der Waals surface area contributed by atoms with Crippen LogP contribution in [0.5, 0.6) is 0 Å². The highest BCUT2D eigenvalue weighted by atomic mass is 35.5. The number of piperazine rings is 1. The summed E-state index contributed by atoms with van der Waals surface area (Å²) in [6.45, 7) is 5.36. The number of nitro benzene ring substituents is 1. The molecule has 0 unspecified atom stereocenters. The van der Waals surface area contributed by atoms with Crippen LogP contribution in [0.2, 0.25) is 5.02 Å². The second kappa shape index (κ2) is 19.6. The number of nitro groups is 1. The van der Waals surface area contributed by atoms with Crippen molar-refractivity contribution in [3.05, 3.63) is 148 Å². The number of rotatable bonds is 17. The third-order valence-electron chi connectivity index (χ3n) is 11.2. The van der Waals surface area contributed by atoms with Gasteiger partial charge in [0.2, 0.25) is 0 Å². The Morgan fingerprint density at radius 3 is 2.19 bits per heavy atom. The SMILES string of the molecule is Cc1c(C(=O)O)c(-c2cccc(N3CCN(c4ccc(NS(=O)(=O)c5ccc(N[C@H](CCN(C)C)CSc6ccccc6)c([N+](=O)[O-])c5)cc4)CC3)c2)c(-c2cccc(Cl)c2)n1C. The Balaban J connectivity index is 1.01. The first-order valence-corrected chi connectivity index (χ1v) is 23.3. The van der Waals surface area contributed by atoms with E-state index in [4.69, 9.17) is 11.6 Å². The number of aromatic carboxylic acids is 1. The van der Waals surface area contributed by atoms with E-state index in [0.717, 1.165) is 52.1 Å². The summed E-state index contributed by atoms with van der Waals surface area (Å²) >= 11 is 8.02. The Morgan fingerprint density at radius 1 is 0.873 bits per heavy atom. The third-order valence-corrected chi connectivity index (χ3v) is 14.0. The van der Waals surface area contributed by atoms with Crippen molar-refractivity contribution in [2.75, 3.05) is 72.4 Å². The van der Waals surface area contributed by atoms with Crippen LogP contribution in [-0.2, 0) is 17.1 Å². The van der Waals surface area contributed by atoms with E-state index < -0.39 is 20.9 Å². The van der Waals surface area contributed by atoms with E-state index in [0.29, 0.717) is 53.9 Å². The van der Waals surface area contributed by atoms with E-state index in [2.05, 4.69) is 24.7 Å². The van der Waals surface area contributed by atoms with Gasteiger partial charge in [0.05, 0.1) is 21.1 Å². The lowest BCUT2D eigenvalue weighted by atomic mass is 9.96. The zero-order chi connectivity index (χ0) is 44.8. The van der Waals surface area contributed by atoms with Crippen LogP contribution in [0.1, 0.15) is 22.5 Å². The van der Waals surface area contributed by atoms with Gasteiger partial charge in [0.1, 0.15) is 5.69 Å². The largest absolute Gasteiger partial charge is 0.478 e. The Morgan fingerprint density at radius 2 is 1.54 bits per heavy atom.